The Labute approximate surface area is 125 Å². The second-order valence-corrected chi connectivity index (χ2v) is 5.42. The highest BCUT2D eigenvalue weighted by molar-refractivity contribution is 5.99. The Morgan fingerprint density at radius 3 is 2.52 bits per heavy atom. The first-order valence-corrected chi connectivity index (χ1v) is 7.46. The van der Waals surface area contributed by atoms with Gasteiger partial charge in [0, 0.05) is 38.3 Å². The van der Waals surface area contributed by atoms with Crippen LogP contribution in [0.25, 0.3) is 0 Å². The van der Waals surface area contributed by atoms with Gasteiger partial charge in [-0.05, 0) is 25.0 Å². The monoisotopic (exact) mass is 289 g/mol. The molecule has 114 valence electrons. The number of benzene rings is 1. The zero-order valence-corrected chi connectivity index (χ0v) is 12.8. The molecule has 2 N–H and O–H groups in total. The first-order chi connectivity index (χ1) is 10.0. The largest absolute Gasteiger partial charge is 0.398 e. The van der Waals surface area contributed by atoms with Gasteiger partial charge in [0.2, 0.25) is 5.91 Å². The van der Waals surface area contributed by atoms with Crippen LogP contribution in [0.4, 0.5) is 5.69 Å². The van der Waals surface area contributed by atoms with Gasteiger partial charge >= 0.3 is 0 Å². The van der Waals surface area contributed by atoms with Crippen LogP contribution >= 0.6 is 0 Å². The van der Waals surface area contributed by atoms with Gasteiger partial charge in [0.1, 0.15) is 0 Å². The number of carbonyl (C=O) groups is 2. The molecule has 1 heterocycles. The SMILES string of the molecule is CCC(=O)N1CCCN(C(=O)c2cccc(C)c2N)CC1. The second-order valence-electron chi connectivity index (χ2n) is 5.42. The molecular weight excluding hydrogens is 266 g/mol. The van der Waals surface area contributed by atoms with Crippen LogP contribution in [0.15, 0.2) is 18.2 Å². The van der Waals surface area contributed by atoms with Gasteiger partial charge in [-0.25, -0.2) is 0 Å². The van der Waals surface area contributed by atoms with Crippen molar-refractivity contribution < 1.29 is 9.59 Å². The molecule has 1 aromatic carbocycles. The van der Waals surface area contributed by atoms with Crippen molar-refractivity contribution in [1.29, 1.82) is 0 Å². The molecule has 5 nitrogen and oxygen atoms in total. The maximum Gasteiger partial charge on any atom is 0.256 e. The van der Waals surface area contributed by atoms with Gasteiger partial charge in [-0.2, -0.15) is 0 Å². The van der Waals surface area contributed by atoms with E-state index in [1.165, 1.54) is 0 Å². The lowest BCUT2D eigenvalue weighted by Crippen LogP contribution is -2.37. The fraction of sp³-hybridized carbons (Fsp3) is 0.500. The first-order valence-electron chi connectivity index (χ1n) is 7.46. The summed E-state index contributed by atoms with van der Waals surface area (Å²) < 4.78 is 0. The van der Waals surface area contributed by atoms with Crippen LogP contribution in [-0.4, -0.2) is 47.8 Å². The van der Waals surface area contributed by atoms with Gasteiger partial charge in [-0.15, -0.1) is 0 Å². The molecule has 0 aromatic heterocycles. The van der Waals surface area contributed by atoms with E-state index in [9.17, 15) is 9.59 Å². The number of nitrogens with zero attached hydrogens (tertiary/aromatic N) is 2. The molecule has 1 aliphatic rings. The molecule has 1 fully saturated rings. The molecule has 1 aromatic rings. The lowest BCUT2D eigenvalue weighted by Gasteiger charge is -2.22. The lowest BCUT2D eigenvalue weighted by atomic mass is 10.1. The summed E-state index contributed by atoms with van der Waals surface area (Å²) in [5, 5.41) is 0. The average Bonchev–Trinajstić information content (AvgIpc) is 2.74. The van der Waals surface area contributed by atoms with Gasteiger partial charge in [0.15, 0.2) is 0 Å². The van der Waals surface area contributed by atoms with Crippen LogP contribution in [-0.2, 0) is 4.79 Å². The molecule has 0 aliphatic carbocycles. The molecule has 5 heteroatoms. The molecule has 0 atom stereocenters. The van der Waals surface area contributed by atoms with Crippen molar-refractivity contribution in [3.63, 3.8) is 0 Å². The minimum absolute atomic E-state index is 0.0398. The Bertz CT molecular complexity index is 542. The Kier molecular flexibility index (Phi) is 4.83. The van der Waals surface area contributed by atoms with Crippen LogP contribution in [0.2, 0.25) is 0 Å². The fourth-order valence-corrected chi connectivity index (χ4v) is 2.63. The van der Waals surface area contributed by atoms with Crippen molar-refractivity contribution in [3.05, 3.63) is 29.3 Å². The van der Waals surface area contributed by atoms with Crippen LogP contribution < -0.4 is 5.73 Å². The Hall–Kier alpha value is -2.04. The van der Waals surface area contributed by atoms with Gasteiger partial charge in [0.05, 0.1) is 5.56 Å². The van der Waals surface area contributed by atoms with E-state index < -0.39 is 0 Å². The smallest absolute Gasteiger partial charge is 0.256 e. The number of rotatable bonds is 2. The van der Waals surface area contributed by atoms with Gasteiger partial charge in [-0.3, -0.25) is 9.59 Å². The predicted molar refractivity (Wildman–Crippen MR) is 83.0 cm³/mol. The number of nitrogen functional groups attached to an aromatic ring is 1. The standard InChI is InChI=1S/C16H23N3O2/c1-3-14(20)18-8-5-9-19(11-10-18)16(21)13-7-4-6-12(2)15(13)17/h4,6-7H,3,5,8-11,17H2,1-2H3. The summed E-state index contributed by atoms with van der Waals surface area (Å²) in [5.41, 5.74) is 8.04. The number of aryl methyl sites for hydroxylation is 1. The van der Waals surface area contributed by atoms with Crippen LogP contribution in [0.1, 0.15) is 35.7 Å². The number of carbonyl (C=O) groups excluding carboxylic acids is 2. The van der Waals surface area contributed by atoms with Crippen LogP contribution in [0.3, 0.4) is 0 Å². The summed E-state index contributed by atoms with van der Waals surface area (Å²) in [7, 11) is 0. The topological polar surface area (TPSA) is 66.6 Å². The summed E-state index contributed by atoms with van der Waals surface area (Å²) in [5.74, 6) is 0.112. The zero-order valence-electron chi connectivity index (χ0n) is 12.8. The summed E-state index contributed by atoms with van der Waals surface area (Å²) in [6.45, 7) is 6.32. The van der Waals surface area contributed by atoms with E-state index >= 15 is 0 Å². The summed E-state index contributed by atoms with van der Waals surface area (Å²) >= 11 is 0. The molecule has 0 bridgehead atoms. The van der Waals surface area contributed by atoms with E-state index in [0.717, 1.165) is 18.5 Å². The highest BCUT2D eigenvalue weighted by Gasteiger charge is 2.23. The van der Waals surface area contributed by atoms with Crippen molar-refractivity contribution in [2.45, 2.75) is 26.7 Å². The molecule has 1 saturated heterocycles. The molecule has 2 rings (SSSR count). The van der Waals surface area contributed by atoms with Crippen molar-refractivity contribution in [1.82, 2.24) is 9.80 Å². The number of nitrogens with two attached hydrogens (primary N) is 1. The van der Waals surface area contributed by atoms with Crippen molar-refractivity contribution in [2.75, 3.05) is 31.9 Å². The highest BCUT2D eigenvalue weighted by Crippen LogP contribution is 2.19. The van der Waals surface area contributed by atoms with Crippen LogP contribution in [0, 0.1) is 6.92 Å². The third kappa shape index (κ3) is 3.35. The average molecular weight is 289 g/mol. The van der Waals surface area contributed by atoms with E-state index in [1.54, 1.807) is 11.0 Å². The van der Waals surface area contributed by atoms with Crippen molar-refractivity contribution >= 4 is 17.5 Å². The van der Waals surface area contributed by atoms with Gasteiger partial charge in [0.25, 0.3) is 5.91 Å². The Balaban J connectivity index is 2.10. The normalized spacial score (nSPS) is 15.7. The summed E-state index contributed by atoms with van der Waals surface area (Å²) in [6.07, 6.45) is 1.32. The highest BCUT2D eigenvalue weighted by atomic mass is 16.2. The van der Waals surface area contributed by atoms with E-state index in [0.29, 0.717) is 37.3 Å². The summed E-state index contributed by atoms with van der Waals surface area (Å²) in [6, 6.07) is 5.52. The van der Waals surface area contributed by atoms with Crippen molar-refractivity contribution in [2.24, 2.45) is 0 Å². The van der Waals surface area contributed by atoms with Crippen molar-refractivity contribution in [3.8, 4) is 0 Å². The molecule has 0 radical (unpaired) electrons. The quantitative estimate of drug-likeness (QED) is 0.842. The number of anilines is 1. The first kappa shape index (κ1) is 15.4. The van der Waals surface area contributed by atoms with Gasteiger partial charge in [-0.1, -0.05) is 19.1 Å². The molecule has 21 heavy (non-hydrogen) atoms. The lowest BCUT2D eigenvalue weighted by molar-refractivity contribution is -0.130. The molecule has 0 unspecified atom stereocenters. The molecule has 2 amide bonds. The Morgan fingerprint density at radius 1 is 1.14 bits per heavy atom. The number of hydrogen-bond donors (Lipinski definition) is 1. The zero-order chi connectivity index (χ0) is 15.4. The fourth-order valence-electron chi connectivity index (χ4n) is 2.63. The third-order valence-corrected chi connectivity index (χ3v) is 3.99. The van der Waals surface area contributed by atoms with E-state index in [2.05, 4.69) is 0 Å². The molecule has 0 saturated carbocycles. The summed E-state index contributed by atoms with van der Waals surface area (Å²) in [4.78, 5) is 28.0. The number of para-hydroxylation sites is 1. The molecular formula is C16H23N3O2. The number of hydrogen-bond acceptors (Lipinski definition) is 3. The molecule has 1 aliphatic heterocycles. The van der Waals surface area contributed by atoms with E-state index in [4.69, 9.17) is 5.73 Å². The Morgan fingerprint density at radius 2 is 1.81 bits per heavy atom. The minimum atomic E-state index is -0.0398. The maximum atomic E-state index is 12.6. The number of amides is 2. The minimum Gasteiger partial charge on any atom is -0.398 e. The second kappa shape index (κ2) is 6.61. The molecule has 0 spiro atoms. The predicted octanol–water partition coefficient (Wildman–Crippen LogP) is 1.66. The maximum absolute atomic E-state index is 12.6. The van der Waals surface area contributed by atoms with Gasteiger partial charge < -0.3 is 15.5 Å². The van der Waals surface area contributed by atoms with Crippen LogP contribution in [0.5, 0.6) is 0 Å². The van der Waals surface area contributed by atoms with E-state index in [-0.39, 0.29) is 11.8 Å². The third-order valence-electron chi connectivity index (χ3n) is 3.99. The van der Waals surface area contributed by atoms with E-state index in [1.807, 2.05) is 30.9 Å².